The Bertz CT molecular complexity index is 1180. The molecule has 34 heavy (non-hydrogen) atoms. The number of nitrogens with one attached hydrogen (secondary N) is 1. The molecule has 8 heteroatoms. The van der Waals surface area contributed by atoms with E-state index >= 15 is 0 Å². The molecule has 0 aliphatic heterocycles. The van der Waals surface area contributed by atoms with Gasteiger partial charge in [-0.15, -0.1) is 11.3 Å². The van der Waals surface area contributed by atoms with Crippen LogP contribution in [0, 0.1) is 24.1 Å². The van der Waals surface area contributed by atoms with Crippen LogP contribution < -0.4 is 5.32 Å². The summed E-state index contributed by atoms with van der Waals surface area (Å²) in [7, 11) is 0. The molecule has 6 nitrogen and oxygen atoms in total. The highest BCUT2D eigenvalue weighted by atomic mass is 32.1. The van der Waals surface area contributed by atoms with E-state index in [0.717, 1.165) is 16.0 Å². The molecule has 3 amide bonds. The molecule has 1 N–H and O–H groups in total. The Labute approximate surface area is 203 Å². The zero-order valence-electron chi connectivity index (χ0n) is 19.4. The third-order valence-electron chi connectivity index (χ3n) is 5.37. The van der Waals surface area contributed by atoms with Crippen molar-refractivity contribution >= 4 is 29.0 Å². The fourth-order valence-electron chi connectivity index (χ4n) is 3.38. The number of aryl methyl sites for hydroxylation is 1. The summed E-state index contributed by atoms with van der Waals surface area (Å²) in [4.78, 5) is 30.6. The maximum absolute atomic E-state index is 13.4. The molecule has 0 saturated heterocycles. The van der Waals surface area contributed by atoms with Crippen molar-refractivity contribution in [3.63, 3.8) is 0 Å². The molecule has 0 spiro atoms. The molecular weight excluding hydrogens is 451 g/mol. The van der Waals surface area contributed by atoms with Gasteiger partial charge in [0, 0.05) is 23.2 Å². The third-order valence-corrected chi connectivity index (χ3v) is 6.38. The molecule has 0 unspecified atom stereocenters. The van der Waals surface area contributed by atoms with Gasteiger partial charge in [0.05, 0.1) is 18.2 Å². The predicted molar refractivity (Wildman–Crippen MR) is 132 cm³/mol. The van der Waals surface area contributed by atoms with E-state index in [9.17, 15) is 14.0 Å². The van der Waals surface area contributed by atoms with E-state index in [4.69, 9.17) is 5.26 Å². The van der Waals surface area contributed by atoms with Gasteiger partial charge < -0.3 is 15.1 Å². The monoisotopic (exact) mass is 478 g/mol. The van der Waals surface area contributed by atoms with E-state index in [-0.39, 0.29) is 24.3 Å². The molecule has 0 aliphatic rings. The normalized spacial score (nSPS) is 10.6. The van der Waals surface area contributed by atoms with Crippen molar-refractivity contribution in [1.82, 2.24) is 9.80 Å². The SMILES string of the molecule is Cc1ccsc1CN(Cc1ccc(F)cc1)C(=O)CN(C(=O)Nc1cccc(C#N)c1)C(C)C. The topological polar surface area (TPSA) is 76.4 Å². The standard InChI is InChI=1S/C26H27FN4O2S/c1-18(2)31(26(33)29-23-6-4-5-21(13-23)14-28)17-25(32)30(16-24-19(3)11-12-34-24)15-20-7-9-22(27)10-8-20/h4-13,18H,15-17H2,1-3H3,(H,29,33). The maximum atomic E-state index is 13.4. The van der Waals surface area contributed by atoms with Gasteiger partial charge in [-0.1, -0.05) is 18.2 Å². The van der Waals surface area contributed by atoms with Crippen LogP contribution >= 0.6 is 11.3 Å². The van der Waals surface area contributed by atoms with E-state index in [1.807, 2.05) is 38.3 Å². The van der Waals surface area contributed by atoms with Crippen LogP contribution in [-0.4, -0.2) is 34.3 Å². The first-order chi connectivity index (χ1) is 16.3. The van der Waals surface area contributed by atoms with Gasteiger partial charge in [-0.2, -0.15) is 5.26 Å². The summed E-state index contributed by atoms with van der Waals surface area (Å²) in [6.45, 7) is 6.26. The molecule has 3 rings (SSSR count). The minimum Gasteiger partial charge on any atom is -0.332 e. The smallest absolute Gasteiger partial charge is 0.322 e. The summed E-state index contributed by atoms with van der Waals surface area (Å²) in [6.07, 6.45) is 0. The van der Waals surface area contributed by atoms with Gasteiger partial charge in [0.15, 0.2) is 0 Å². The van der Waals surface area contributed by atoms with Crippen LogP contribution in [-0.2, 0) is 17.9 Å². The molecule has 2 aromatic carbocycles. The number of nitriles is 1. The number of rotatable bonds is 8. The van der Waals surface area contributed by atoms with E-state index in [0.29, 0.717) is 24.3 Å². The fourth-order valence-corrected chi connectivity index (χ4v) is 4.30. The van der Waals surface area contributed by atoms with Gasteiger partial charge in [-0.05, 0) is 73.7 Å². The summed E-state index contributed by atoms with van der Waals surface area (Å²) in [5, 5.41) is 13.9. The number of benzene rings is 2. The molecule has 0 radical (unpaired) electrons. The van der Waals surface area contributed by atoms with Gasteiger partial charge in [0.2, 0.25) is 5.91 Å². The van der Waals surface area contributed by atoms with Gasteiger partial charge in [-0.25, -0.2) is 9.18 Å². The number of halogens is 1. The van der Waals surface area contributed by atoms with E-state index < -0.39 is 6.03 Å². The van der Waals surface area contributed by atoms with Crippen molar-refractivity contribution in [2.75, 3.05) is 11.9 Å². The average molecular weight is 479 g/mol. The summed E-state index contributed by atoms with van der Waals surface area (Å²) < 4.78 is 13.4. The number of carbonyl (C=O) groups is 2. The highest BCUT2D eigenvalue weighted by molar-refractivity contribution is 7.10. The number of thiophene rings is 1. The lowest BCUT2D eigenvalue weighted by molar-refractivity contribution is -0.133. The number of nitrogens with zero attached hydrogens (tertiary/aromatic N) is 3. The Morgan fingerprint density at radius 2 is 1.85 bits per heavy atom. The van der Waals surface area contributed by atoms with Gasteiger partial charge in [-0.3, -0.25) is 4.79 Å². The largest absolute Gasteiger partial charge is 0.332 e. The highest BCUT2D eigenvalue weighted by Gasteiger charge is 2.24. The Morgan fingerprint density at radius 1 is 1.12 bits per heavy atom. The van der Waals surface area contributed by atoms with E-state index in [1.165, 1.54) is 17.0 Å². The van der Waals surface area contributed by atoms with Crippen LogP contribution in [0.3, 0.4) is 0 Å². The van der Waals surface area contributed by atoms with Crippen LogP contribution in [0.5, 0.6) is 0 Å². The lowest BCUT2D eigenvalue weighted by Crippen LogP contribution is -2.47. The zero-order chi connectivity index (χ0) is 24.7. The van der Waals surface area contributed by atoms with Gasteiger partial charge in [0.25, 0.3) is 0 Å². The first kappa shape index (κ1) is 24.9. The first-order valence-electron chi connectivity index (χ1n) is 10.9. The quantitative estimate of drug-likeness (QED) is 0.462. The van der Waals surface area contributed by atoms with Crippen molar-refractivity contribution < 1.29 is 14.0 Å². The molecule has 1 heterocycles. The second-order valence-electron chi connectivity index (χ2n) is 8.25. The van der Waals surface area contributed by atoms with Crippen LogP contribution in [0.15, 0.2) is 60.0 Å². The molecule has 0 fully saturated rings. The van der Waals surface area contributed by atoms with Crippen molar-refractivity contribution in [3.8, 4) is 6.07 Å². The molecule has 3 aromatic rings. The second-order valence-corrected chi connectivity index (χ2v) is 9.25. The molecular formula is C26H27FN4O2S. The first-order valence-corrected chi connectivity index (χ1v) is 11.8. The maximum Gasteiger partial charge on any atom is 0.322 e. The van der Waals surface area contributed by atoms with Crippen LogP contribution in [0.2, 0.25) is 0 Å². The molecule has 0 saturated carbocycles. The fraction of sp³-hybridized carbons (Fsp3) is 0.269. The Kier molecular flexibility index (Phi) is 8.39. The molecule has 176 valence electrons. The van der Waals surface area contributed by atoms with Crippen LogP contribution in [0.1, 0.15) is 35.4 Å². The Balaban J connectivity index is 1.78. The zero-order valence-corrected chi connectivity index (χ0v) is 20.2. The molecule has 0 bridgehead atoms. The number of hydrogen-bond donors (Lipinski definition) is 1. The minimum absolute atomic E-state index is 0.118. The van der Waals surface area contributed by atoms with Gasteiger partial charge in [0.1, 0.15) is 12.4 Å². The number of amides is 3. The minimum atomic E-state index is -0.424. The molecule has 0 atom stereocenters. The Morgan fingerprint density at radius 3 is 2.47 bits per heavy atom. The molecule has 0 aliphatic carbocycles. The van der Waals surface area contributed by atoms with E-state index in [1.54, 1.807) is 52.6 Å². The number of carbonyl (C=O) groups excluding carboxylic acids is 2. The summed E-state index contributed by atoms with van der Waals surface area (Å²) in [5.41, 5.74) is 2.82. The summed E-state index contributed by atoms with van der Waals surface area (Å²) >= 11 is 1.57. The van der Waals surface area contributed by atoms with Crippen molar-refractivity contribution in [2.45, 2.75) is 39.9 Å². The lowest BCUT2D eigenvalue weighted by atomic mass is 10.2. The van der Waals surface area contributed by atoms with Crippen molar-refractivity contribution in [3.05, 3.63) is 87.4 Å². The number of hydrogen-bond acceptors (Lipinski definition) is 4. The summed E-state index contributed by atoms with van der Waals surface area (Å²) in [6, 6.07) is 16.1. The third kappa shape index (κ3) is 6.65. The second kappa shape index (κ2) is 11.4. The lowest BCUT2D eigenvalue weighted by Gasteiger charge is -2.30. The predicted octanol–water partition coefficient (Wildman–Crippen LogP) is 5.54. The highest BCUT2D eigenvalue weighted by Crippen LogP contribution is 2.20. The number of anilines is 1. The average Bonchev–Trinajstić information content (AvgIpc) is 3.22. The van der Waals surface area contributed by atoms with Crippen LogP contribution in [0.25, 0.3) is 0 Å². The number of urea groups is 1. The van der Waals surface area contributed by atoms with Gasteiger partial charge >= 0.3 is 6.03 Å². The van der Waals surface area contributed by atoms with Crippen molar-refractivity contribution in [1.29, 1.82) is 5.26 Å². The Hall–Kier alpha value is -3.70. The van der Waals surface area contributed by atoms with Crippen LogP contribution in [0.4, 0.5) is 14.9 Å². The summed E-state index contributed by atoms with van der Waals surface area (Å²) in [5.74, 6) is -0.550. The molecule has 1 aromatic heterocycles. The van der Waals surface area contributed by atoms with Crippen molar-refractivity contribution in [2.24, 2.45) is 0 Å². The van der Waals surface area contributed by atoms with E-state index in [2.05, 4.69) is 5.32 Å².